The van der Waals surface area contributed by atoms with E-state index >= 15 is 0 Å². The molecule has 0 saturated carbocycles. The van der Waals surface area contributed by atoms with Crippen LogP contribution in [0.3, 0.4) is 0 Å². The van der Waals surface area contributed by atoms with Gasteiger partial charge in [-0.15, -0.1) is 0 Å². The molecule has 2 unspecified atom stereocenters. The van der Waals surface area contributed by atoms with Gasteiger partial charge in [0.2, 0.25) is 0 Å². The molecule has 1 aromatic carbocycles. The van der Waals surface area contributed by atoms with E-state index < -0.39 is 0 Å². The standard InChI is InChI=1S/C18H27N5O3/c19-21-20-18-16-2-1-3-17(18)15-23-5-9-24-8-4-22(14-16)6-10-25-12-13-26-11-7-23/h1-3H,4-15H2. The molecule has 26 heavy (non-hydrogen) atoms. The summed E-state index contributed by atoms with van der Waals surface area (Å²) in [6, 6.07) is 6.13. The molecule has 0 N–H and O–H groups in total. The molecule has 0 amide bonds. The van der Waals surface area contributed by atoms with Gasteiger partial charge >= 0.3 is 0 Å². The van der Waals surface area contributed by atoms with E-state index in [1.807, 2.05) is 18.2 Å². The Morgan fingerprint density at radius 3 is 1.69 bits per heavy atom. The number of fused-ring (bicyclic) bond motifs is 11. The van der Waals surface area contributed by atoms with Crippen molar-refractivity contribution in [1.29, 1.82) is 0 Å². The number of rotatable bonds is 1. The molecule has 4 bridgehead atoms. The van der Waals surface area contributed by atoms with E-state index in [9.17, 15) is 0 Å². The topological polar surface area (TPSA) is 82.9 Å². The van der Waals surface area contributed by atoms with Gasteiger partial charge < -0.3 is 14.2 Å². The zero-order valence-electron chi connectivity index (χ0n) is 15.2. The van der Waals surface area contributed by atoms with Gasteiger partial charge in [0.15, 0.2) is 0 Å². The third kappa shape index (κ3) is 5.67. The summed E-state index contributed by atoms with van der Waals surface area (Å²) in [7, 11) is 0. The third-order valence-corrected chi connectivity index (χ3v) is 4.72. The van der Waals surface area contributed by atoms with Crippen LogP contribution in [-0.2, 0) is 27.3 Å². The Morgan fingerprint density at radius 2 is 1.23 bits per heavy atom. The second-order valence-corrected chi connectivity index (χ2v) is 6.50. The van der Waals surface area contributed by atoms with Crippen LogP contribution in [0.2, 0.25) is 0 Å². The maximum absolute atomic E-state index is 9.07. The van der Waals surface area contributed by atoms with Crippen LogP contribution in [0.5, 0.6) is 0 Å². The number of hydrogen-bond donors (Lipinski definition) is 0. The number of benzene rings is 1. The summed E-state index contributed by atoms with van der Waals surface area (Å²) < 4.78 is 17.2. The van der Waals surface area contributed by atoms with Crippen molar-refractivity contribution in [1.82, 2.24) is 9.80 Å². The molecule has 1 fully saturated rings. The van der Waals surface area contributed by atoms with E-state index in [4.69, 9.17) is 19.7 Å². The summed E-state index contributed by atoms with van der Waals surface area (Å²) in [6.45, 7) is 8.55. The largest absolute Gasteiger partial charge is 0.379 e. The average Bonchev–Trinajstić information content (AvgIpc) is 2.65. The summed E-state index contributed by atoms with van der Waals surface area (Å²) in [5, 5.41) is 4.03. The minimum atomic E-state index is 0.613. The van der Waals surface area contributed by atoms with Crippen LogP contribution in [0.25, 0.3) is 10.4 Å². The van der Waals surface area contributed by atoms with Crippen molar-refractivity contribution in [3.63, 3.8) is 0 Å². The van der Waals surface area contributed by atoms with Crippen LogP contribution in [-0.4, -0.2) is 75.6 Å². The normalized spacial score (nSPS) is 25.7. The molecule has 4 rings (SSSR count). The van der Waals surface area contributed by atoms with E-state index in [0.717, 1.165) is 43.0 Å². The molecule has 3 heterocycles. The maximum Gasteiger partial charge on any atom is 0.0701 e. The van der Waals surface area contributed by atoms with Gasteiger partial charge in [-0.2, -0.15) is 0 Å². The van der Waals surface area contributed by atoms with Crippen molar-refractivity contribution in [2.75, 3.05) is 65.8 Å². The first-order valence-corrected chi connectivity index (χ1v) is 9.20. The Labute approximate surface area is 154 Å². The van der Waals surface area contributed by atoms with Crippen molar-refractivity contribution in [3.8, 4) is 0 Å². The fourth-order valence-corrected chi connectivity index (χ4v) is 3.29. The first-order chi connectivity index (χ1) is 12.9. The van der Waals surface area contributed by atoms with Crippen LogP contribution in [0, 0.1) is 0 Å². The first-order valence-electron chi connectivity index (χ1n) is 9.20. The Hall–Kier alpha value is -1.67. The number of hydrogen-bond acceptors (Lipinski definition) is 6. The molecule has 2 atom stereocenters. The zero-order chi connectivity index (χ0) is 18.0. The van der Waals surface area contributed by atoms with Gasteiger partial charge in [-0.3, -0.25) is 9.80 Å². The molecule has 0 aromatic heterocycles. The number of ether oxygens (including phenoxy) is 3. The Morgan fingerprint density at radius 1 is 0.769 bits per heavy atom. The summed E-state index contributed by atoms with van der Waals surface area (Å²) in [5.74, 6) is 0. The molecule has 8 heteroatoms. The minimum Gasteiger partial charge on any atom is -0.379 e. The van der Waals surface area contributed by atoms with Crippen molar-refractivity contribution < 1.29 is 14.2 Å². The van der Waals surface area contributed by atoms with E-state index in [2.05, 4.69) is 19.8 Å². The molecule has 1 aromatic rings. The quantitative estimate of drug-likeness (QED) is 0.435. The highest BCUT2D eigenvalue weighted by molar-refractivity contribution is 5.53. The van der Waals surface area contributed by atoms with Crippen LogP contribution >= 0.6 is 0 Å². The lowest BCUT2D eigenvalue weighted by molar-refractivity contribution is 0.0313. The lowest BCUT2D eigenvalue weighted by Gasteiger charge is -2.27. The Balaban J connectivity index is 1.93. The van der Waals surface area contributed by atoms with E-state index in [1.54, 1.807) is 0 Å². The molecule has 0 spiro atoms. The predicted molar refractivity (Wildman–Crippen MR) is 98.3 cm³/mol. The molecule has 1 saturated heterocycles. The first kappa shape index (κ1) is 19.1. The summed E-state index contributed by atoms with van der Waals surface area (Å²) in [4.78, 5) is 7.65. The average molecular weight is 361 g/mol. The van der Waals surface area contributed by atoms with Crippen molar-refractivity contribution >= 4 is 5.69 Å². The second kappa shape index (κ2) is 10.5. The van der Waals surface area contributed by atoms with Gasteiger partial charge in [0.05, 0.1) is 39.6 Å². The number of azide groups is 1. The van der Waals surface area contributed by atoms with Crippen molar-refractivity contribution in [3.05, 3.63) is 39.8 Å². The highest BCUT2D eigenvalue weighted by Crippen LogP contribution is 2.28. The van der Waals surface area contributed by atoms with Gasteiger partial charge in [-0.05, 0) is 16.7 Å². The Kier molecular flexibility index (Phi) is 7.69. The molecular weight excluding hydrogens is 334 g/mol. The minimum absolute atomic E-state index is 0.613. The SMILES string of the molecule is [N-]=[N+]=Nc1c2cccc1CN1CCOCCOCCN(CCOCC1)C2. The van der Waals surface area contributed by atoms with Gasteiger partial charge in [0, 0.05) is 49.9 Å². The molecule has 3 aliphatic heterocycles. The fourth-order valence-electron chi connectivity index (χ4n) is 3.29. The fraction of sp³-hybridized carbons (Fsp3) is 0.667. The van der Waals surface area contributed by atoms with Gasteiger partial charge in [0.1, 0.15) is 0 Å². The molecule has 142 valence electrons. The predicted octanol–water partition coefficient (Wildman–Crippen LogP) is 2.31. The second-order valence-electron chi connectivity index (χ2n) is 6.50. The molecule has 0 radical (unpaired) electrons. The lowest BCUT2D eigenvalue weighted by Crippen LogP contribution is -2.33. The third-order valence-electron chi connectivity index (χ3n) is 4.72. The molecule has 8 nitrogen and oxygen atoms in total. The van der Waals surface area contributed by atoms with E-state index in [0.29, 0.717) is 52.7 Å². The zero-order valence-corrected chi connectivity index (χ0v) is 15.2. The van der Waals surface area contributed by atoms with Gasteiger partial charge in [-0.25, -0.2) is 0 Å². The lowest BCUT2D eigenvalue weighted by atomic mass is 10.1. The smallest absolute Gasteiger partial charge is 0.0701 e. The van der Waals surface area contributed by atoms with Crippen LogP contribution in [0.4, 0.5) is 5.69 Å². The Bertz CT molecular complexity index is 581. The van der Waals surface area contributed by atoms with Crippen LogP contribution < -0.4 is 0 Å². The van der Waals surface area contributed by atoms with Crippen LogP contribution in [0.15, 0.2) is 23.3 Å². The van der Waals surface area contributed by atoms with Crippen LogP contribution in [0.1, 0.15) is 11.1 Å². The summed E-state index contributed by atoms with van der Waals surface area (Å²) >= 11 is 0. The summed E-state index contributed by atoms with van der Waals surface area (Å²) in [5.41, 5.74) is 11.9. The number of nitrogens with zero attached hydrogens (tertiary/aromatic N) is 5. The summed E-state index contributed by atoms with van der Waals surface area (Å²) in [6.07, 6.45) is 0. The van der Waals surface area contributed by atoms with E-state index in [1.165, 1.54) is 0 Å². The van der Waals surface area contributed by atoms with Gasteiger partial charge in [-0.1, -0.05) is 23.3 Å². The van der Waals surface area contributed by atoms with Crippen molar-refractivity contribution in [2.24, 2.45) is 5.11 Å². The maximum atomic E-state index is 9.07. The van der Waals surface area contributed by atoms with Gasteiger partial charge in [0.25, 0.3) is 0 Å². The van der Waals surface area contributed by atoms with E-state index in [-0.39, 0.29) is 0 Å². The van der Waals surface area contributed by atoms with Crippen molar-refractivity contribution in [2.45, 2.75) is 13.1 Å². The highest BCUT2D eigenvalue weighted by Gasteiger charge is 2.16. The highest BCUT2D eigenvalue weighted by atomic mass is 16.5. The molecule has 3 aliphatic rings. The monoisotopic (exact) mass is 361 g/mol. The molecular formula is C18H27N5O3. The molecule has 0 aliphatic carbocycles.